The van der Waals surface area contributed by atoms with E-state index in [4.69, 9.17) is 5.11 Å². The number of rotatable bonds is 6. The molecule has 0 spiro atoms. The van der Waals surface area contributed by atoms with E-state index in [1.807, 2.05) is 19.0 Å². The zero-order chi connectivity index (χ0) is 15.8. The fourth-order valence-corrected chi connectivity index (χ4v) is 1.56. The average Bonchev–Trinajstić information content (AvgIpc) is 2.42. The third-order valence-corrected chi connectivity index (χ3v) is 2.79. The van der Waals surface area contributed by atoms with Crippen LogP contribution in [-0.2, 0) is 4.79 Å². The quantitative estimate of drug-likeness (QED) is 0.784. The summed E-state index contributed by atoms with van der Waals surface area (Å²) in [6, 6.07) is 6.81. The highest BCUT2D eigenvalue weighted by molar-refractivity contribution is 5.90. The summed E-state index contributed by atoms with van der Waals surface area (Å²) in [6.45, 7) is 1.41. The normalized spacial score (nSPS) is 10.9. The van der Waals surface area contributed by atoms with Crippen LogP contribution >= 0.6 is 0 Å². The van der Waals surface area contributed by atoms with Crippen molar-refractivity contribution in [3.05, 3.63) is 35.9 Å². The van der Waals surface area contributed by atoms with Gasteiger partial charge in [-0.05, 0) is 37.9 Å². The predicted molar refractivity (Wildman–Crippen MR) is 83.3 cm³/mol. The van der Waals surface area contributed by atoms with Crippen LogP contribution in [0.2, 0.25) is 0 Å². The highest BCUT2D eigenvalue weighted by Gasteiger charge is 2.08. The standard InChI is InChI=1S/C15H21N3O3/c1-17(2)9-10-18(3)15(21)16-13-6-4-5-12(11-13)7-8-14(19)20/h4-8,11H,9-10H2,1-3H3,(H,16,21)(H,19,20)/b8-7+. The highest BCUT2D eigenvalue weighted by atomic mass is 16.4. The lowest BCUT2D eigenvalue weighted by Gasteiger charge is -2.20. The lowest BCUT2D eigenvalue weighted by molar-refractivity contribution is -0.131. The number of carboxylic acids is 1. The molecule has 0 unspecified atom stereocenters. The van der Waals surface area contributed by atoms with Gasteiger partial charge in [0.25, 0.3) is 0 Å². The van der Waals surface area contributed by atoms with E-state index in [1.54, 1.807) is 36.2 Å². The second-order valence-corrected chi connectivity index (χ2v) is 4.95. The molecule has 6 nitrogen and oxygen atoms in total. The minimum atomic E-state index is -1.01. The molecular formula is C15H21N3O3. The molecule has 1 aromatic carbocycles. The number of carboxylic acid groups (broad SMARTS) is 1. The molecule has 21 heavy (non-hydrogen) atoms. The van der Waals surface area contributed by atoms with Crippen LogP contribution < -0.4 is 5.32 Å². The molecule has 0 radical (unpaired) electrons. The Balaban J connectivity index is 2.63. The van der Waals surface area contributed by atoms with Gasteiger partial charge in [0.2, 0.25) is 0 Å². The molecule has 114 valence electrons. The van der Waals surface area contributed by atoms with Gasteiger partial charge in [0.15, 0.2) is 0 Å². The van der Waals surface area contributed by atoms with Crippen LogP contribution in [0, 0.1) is 0 Å². The van der Waals surface area contributed by atoms with Crippen LogP contribution in [0.3, 0.4) is 0 Å². The van der Waals surface area contributed by atoms with Crippen molar-refractivity contribution in [3.63, 3.8) is 0 Å². The number of likely N-dealkylation sites (N-methyl/N-ethyl adjacent to an activating group) is 2. The summed E-state index contributed by atoms with van der Waals surface area (Å²) in [5.41, 5.74) is 1.34. The van der Waals surface area contributed by atoms with Gasteiger partial charge >= 0.3 is 12.0 Å². The molecule has 0 aromatic heterocycles. The first-order chi connectivity index (χ1) is 9.88. The van der Waals surface area contributed by atoms with Crippen molar-refractivity contribution in [1.29, 1.82) is 0 Å². The van der Waals surface area contributed by atoms with Gasteiger partial charge in [0.1, 0.15) is 0 Å². The molecule has 0 aliphatic rings. The first-order valence-corrected chi connectivity index (χ1v) is 6.56. The molecule has 0 heterocycles. The number of carbonyl (C=O) groups excluding carboxylic acids is 1. The van der Waals surface area contributed by atoms with E-state index in [0.717, 1.165) is 12.6 Å². The molecule has 0 atom stereocenters. The Morgan fingerprint density at radius 2 is 1.95 bits per heavy atom. The molecule has 0 fully saturated rings. The van der Waals surface area contributed by atoms with Gasteiger partial charge in [-0.25, -0.2) is 9.59 Å². The molecule has 1 rings (SSSR count). The number of carbonyl (C=O) groups is 2. The topological polar surface area (TPSA) is 72.9 Å². The fourth-order valence-electron chi connectivity index (χ4n) is 1.56. The largest absolute Gasteiger partial charge is 0.478 e. The van der Waals surface area contributed by atoms with Gasteiger partial charge in [-0.1, -0.05) is 12.1 Å². The Morgan fingerprint density at radius 3 is 2.57 bits per heavy atom. The van der Waals surface area contributed by atoms with Crippen LogP contribution in [0.4, 0.5) is 10.5 Å². The second kappa shape index (κ2) is 8.06. The Bertz CT molecular complexity index is 527. The molecule has 0 saturated carbocycles. The maximum absolute atomic E-state index is 12.0. The van der Waals surface area contributed by atoms with Gasteiger partial charge in [-0.15, -0.1) is 0 Å². The Kier molecular flexibility index (Phi) is 6.42. The average molecular weight is 291 g/mol. The summed E-state index contributed by atoms with van der Waals surface area (Å²) in [6.07, 6.45) is 2.54. The summed E-state index contributed by atoms with van der Waals surface area (Å²) in [5, 5.41) is 11.4. The van der Waals surface area contributed by atoms with Crippen molar-refractivity contribution in [3.8, 4) is 0 Å². The lowest BCUT2D eigenvalue weighted by Crippen LogP contribution is -2.36. The molecule has 0 bridgehead atoms. The van der Waals surface area contributed by atoms with Crippen molar-refractivity contribution in [2.45, 2.75) is 0 Å². The van der Waals surface area contributed by atoms with E-state index in [2.05, 4.69) is 5.32 Å². The number of anilines is 1. The Labute approximate surface area is 124 Å². The fraction of sp³-hybridized carbons (Fsp3) is 0.333. The van der Waals surface area contributed by atoms with Gasteiger partial charge < -0.3 is 20.2 Å². The van der Waals surface area contributed by atoms with Crippen molar-refractivity contribution < 1.29 is 14.7 Å². The zero-order valence-corrected chi connectivity index (χ0v) is 12.5. The number of nitrogens with zero attached hydrogens (tertiary/aromatic N) is 2. The number of nitrogens with one attached hydrogen (secondary N) is 1. The molecule has 0 saturated heterocycles. The maximum Gasteiger partial charge on any atom is 0.328 e. The third kappa shape index (κ3) is 6.58. The van der Waals surface area contributed by atoms with Gasteiger partial charge in [-0.2, -0.15) is 0 Å². The van der Waals surface area contributed by atoms with Crippen LogP contribution in [0.1, 0.15) is 5.56 Å². The summed E-state index contributed by atoms with van der Waals surface area (Å²) < 4.78 is 0. The van der Waals surface area contributed by atoms with Crippen molar-refractivity contribution in [1.82, 2.24) is 9.80 Å². The second-order valence-electron chi connectivity index (χ2n) is 4.95. The van der Waals surface area contributed by atoms with E-state index in [0.29, 0.717) is 17.8 Å². The molecule has 6 heteroatoms. The lowest BCUT2D eigenvalue weighted by atomic mass is 10.2. The highest BCUT2D eigenvalue weighted by Crippen LogP contribution is 2.12. The maximum atomic E-state index is 12.0. The van der Waals surface area contributed by atoms with E-state index < -0.39 is 5.97 Å². The van der Waals surface area contributed by atoms with E-state index >= 15 is 0 Å². The minimum absolute atomic E-state index is 0.198. The first kappa shape index (κ1) is 16.7. The molecule has 1 aromatic rings. The van der Waals surface area contributed by atoms with Crippen molar-refractivity contribution >= 4 is 23.8 Å². The predicted octanol–water partition coefficient (Wildman–Crippen LogP) is 1.81. The molecule has 0 aliphatic carbocycles. The molecule has 2 N–H and O–H groups in total. The van der Waals surface area contributed by atoms with Crippen molar-refractivity contribution in [2.75, 3.05) is 39.5 Å². The molecular weight excluding hydrogens is 270 g/mol. The van der Waals surface area contributed by atoms with E-state index in [-0.39, 0.29) is 6.03 Å². The zero-order valence-electron chi connectivity index (χ0n) is 12.5. The van der Waals surface area contributed by atoms with Crippen molar-refractivity contribution in [2.24, 2.45) is 0 Å². The van der Waals surface area contributed by atoms with Crippen LogP contribution in [-0.4, -0.2) is 61.1 Å². The number of benzene rings is 1. The number of aliphatic carboxylic acids is 1. The van der Waals surface area contributed by atoms with Gasteiger partial charge in [0.05, 0.1) is 0 Å². The summed E-state index contributed by atoms with van der Waals surface area (Å²) >= 11 is 0. The number of hydrogen-bond donors (Lipinski definition) is 2. The van der Waals surface area contributed by atoms with Gasteiger partial charge in [0, 0.05) is 31.9 Å². The molecule has 0 aliphatic heterocycles. The summed E-state index contributed by atoms with van der Waals surface area (Å²) in [5.74, 6) is -1.01. The third-order valence-electron chi connectivity index (χ3n) is 2.79. The Hall–Kier alpha value is -2.34. The number of amides is 2. The number of urea groups is 1. The Morgan fingerprint density at radius 1 is 1.24 bits per heavy atom. The minimum Gasteiger partial charge on any atom is -0.478 e. The van der Waals surface area contributed by atoms with E-state index in [1.165, 1.54) is 6.08 Å². The van der Waals surface area contributed by atoms with Crippen LogP contribution in [0.5, 0.6) is 0 Å². The summed E-state index contributed by atoms with van der Waals surface area (Å²) in [7, 11) is 5.63. The van der Waals surface area contributed by atoms with Gasteiger partial charge in [-0.3, -0.25) is 0 Å². The SMILES string of the molecule is CN(C)CCN(C)C(=O)Nc1cccc(/C=C/C(=O)O)c1. The smallest absolute Gasteiger partial charge is 0.328 e. The monoisotopic (exact) mass is 291 g/mol. The number of hydrogen-bond acceptors (Lipinski definition) is 3. The van der Waals surface area contributed by atoms with Crippen LogP contribution in [0.15, 0.2) is 30.3 Å². The summed E-state index contributed by atoms with van der Waals surface area (Å²) in [4.78, 5) is 26.1. The molecule has 2 amide bonds. The first-order valence-electron chi connectivity index (χ1n) is 6.56. The van der Waals surface area contributed by atoms with E-state index in [9.17, 15) is 9.59 Å². The van der Waals surface area contributed by atoms with Crippen LogP contribution in [0.25, 0.3) is 6.08 Å².